The smallest absolute Gasteiger partial charge is 0.308 e. The normalized spacial score (nSPS) is 23.4. The molecule has 2 aromatic heterocycles. The number of carboxylic acid groups (broad SMARTS) is 1. The number of carbonyl (C=O) groups excluding carboxylic acids is 1. The summed E-state index contributed by atoms with van der Waals surface area (Å²) in [5.74, 6) is -0.258. The average Bonchev–Trinajstić information content (AvgIpc) is 3.13. The van der Waals surface area contributed by atoms with Crippen molar-refractivity contribution >= 4 is 23.2 Å². The topological polar surface area (TPSA) is 92.4 Å². The SMILES string of the molecule is Cc1ccc(-c2nc(C)c(C(=O)NC3(C)CCCCC3C(=O)O)s2)o1. The van der Waals surface area contributed by atoms with E-state index in [1.807, 2.05) is 26.0 Å². The second-order valence-corrected chi connectivity index (χ2v) is 7.85. The number of nitrogens with zero attached hydrogens (tertiary/aromatic N) is 1. The molecule has 1 saturated carbocycles. The summed E-state index contributed by atoms with van der Waals surface area (Å²) < 4.78 is 5.57. The molecular weight excluding hydrogens is 340 g/mol. The second kappa shape index (κ2) is 6.63. The first-order valence-electron chi connectivity index (χ1n) is 8.40. The Hall–Kier alpha value is -2.15. The van der Waals surface area contributed by atoms with Crippen molar-refractivity contribution in [3.63, 3.8) is 0 Å². The van der Waals surface area contributed by atoms with Gasteiger partial charge in [-0.15, -0.1) is 11.3 Å². The van der Waals surface area contributed by atoms with Crippen LogP contribution >= 0.6 is 11.3 Å². The van der Waals surface area contributed by atoms with Gasteiger partial charge in [-0.1, -0.05) is 12.8 Å². The standard InChI is InChI=1S/C18H22N2O4S/c1-10-7-8-13(24-10)16-19-11(2)14(25-16)15(21)20-18(3)9-5-4-6-12(18)17(22)23/h7-8,12H,4-6,9H2,1-3H3,(H,20,21)(H,22,23). The Kier molecular flexibility index (Phi) is 4.69. The Morgan fingerprint density at radius 2 is 2.12 bits per heavy atom. The van der Waals surface area contributed by atoms with E-state index in [0.717, 1.165) is 18.6 Å². The van der Waals surface area contributed by atoms with Crippen LogP contribution in [0.15, 0.2) is 16.5 Å². The van der Waals surface area contributed by atoms with Crippen LogP contribution in [0.1, 0.15) is 53.7 Å². The number of rotatable bonds is 4. The molecule has 0 radical (unpaired) electrons. The zero-order valence-corrected chi connectivity index (χ0v) is 15.4. The maximum Gasteiger partial charge on any atom is 0.308 e. The number of carboxylic acids is 1. The van der Waals surface area contributed by atoms with E-state index in [1.165, 1.54) is 11.3 Å². The van der Waals surface area contributed by atoms with Crippen molar-refractivity contribution in [3.05, 3.63) is 28.5 Å². The second-order valence-electron chi connectivity index (χ2n) is 6.85. The van der Waals surface area contributed by atoms with E-state index in [4.69, 9.17) is 4.42 Å². The first-order chi connectivity index (χ1) is 11.8. The highest BCUT2D eigenvalue weighted by molar-refractivity contribution is 7.17. The van der Waals surface area contributed by atoms with Gasteiger partial charge in [-0.05, 0) is 45.7 Å². The first-order valence-corrected chi connectivity index (χ1v) is 9.21. The van der Waals surface area contributed by atoms with Crippen molar-refractivity contribution in [1.29, 1.82) is 0 Å². The molecule has 2 N–H and O–H groups in total. The summed E-state index contributed by atoms with van der Waals surface area (Å²) in [5.41, 5.74) is -0.114. The van der Waals surface area contributed by atoms with Crippen LogP contribution < -0.4 is 5.32 Å². The van der Waals surface area contributed by atoms with Gasteiger partial charge in [0.05, 0.1) is 17.2 Å². The van der Waals surface area contributed by atoms with Gasteiger partial charge in [0.25, 0.3) is 5.91 Å². The van der Waals surface area contributed by atoms with E-state index in [9.17, 15) is 14.7 Å². The van der Waals surface area contributed by atoms with Crippen LogP contribution in [0.4, 0.5) is 0 Å². The minimum Gasteiger partial charge on any atom is -0.481 e. The van der Waals surface area contributed by atoms with Gasteiger partial charge < -0.3 is 14.8 Å². The number of nitrogens with one attached hydrogen (secondary N) is 1. The lowest BCUT2D eigenvalue weighted by Crippen LogP contribution is -2.55. The van der Waals surface area contributed by atoms with Crippen LogP contribution in [0.2, 0.25) is 0 Å². The lowest BCUT2D eigenvalue weighted by atomic mass is 9.74. The maximum absolute atomic E-state index is 12.8. The van der Waals surface area contributed by atoms with Gasteiger partial charge in [0.15, 0.2) is 10.8 Å². The van der Waals surface area contributed by atoms with Crippen molar-refractivity contribution in [2.75, 3.05) is 0 Å². The third kappa shape index (κ3) is 3.46. The molecule has 0 saturated heterocycles. The molecular formula is C18H22N2O4S. The summed E-state index contributed by atoms with van der Waals surface area (Å²) in [6, 6.07) is 3.69. The summed E-state index contributed by atoms with van der Waals surface area (Å²) >= 11 is 1.27. The number of thiazole rings is 1. The molecule has 2 aromatic rings. The molecule has 1 aliphatic carbocycles. The predicted molar refractivity (Wildman–Crippen MR) is 94.8 cm³/mol. The largest absolute Gasteiger partial charge is 0.481 e. The molecule has 25 heavy (non-hydrogen) atoms. The molecule has 0 aliphatic heterocycles. The fraction of sp³-hybridized carbons (Fsp3) is 0.500. The molecule has 2 atom stereocenters. The van der Waals surface area contributed by atoms with Gasteiger partial charge in [-0.25, -0.2) is 4.98 Å². The van der Waals surface area contributed by atoms with Crippen molar-refractivity contribution in [1.82, 2.24) is 10.3 Å². The lowest BCUT2D eigenvalue weighted by molar-refractivity contribution is -0.145. The molecule has 1 aliphatic rings. The van der Waals surface area contributed by atoms with Crippen LogP contribution in [0.5, 0.6) is 0 Å². The van der Waals surface area contributed by atoms with Gasteiger partial charge in [-0.2, -0.15) is 0 Å². The number of aliphatic carboxylic acids is 1. The highest BCUT2D eigenvalue weighted by atomic mass is 32.1. The molecule has 0 spiro atoms. The van der Waals surface area contributed by atoms with Crippen molar-refractivity contribution in [2.24, 2.45) is 5.92 Å². The molecule has 3 rings (SSSR count). The van der Waals surface area contributed by atoms with Crippen LogP contribution in [-0.2, 0) is 4.79 Å². The van der Waals surface area contributed by atoms with Gasteiger partial charge in [-0.3, -0.25) is 9.59 Å². The Morgan fingerprint density at radius 1 is 1.36 bits per heavy atom. The third-order valence-electron chi connectivity index (χ3n) is 4.86. The van der Waals surface area contributed by atoms with Gasteiger partial charge in [0.2, 0.25) is 0 Å². The highest BCUT2D eigenvalue weighted by Crippen LogP contribution is 2.35. The van der Waals surface area contributed by atoms with Gasteiger partial charge >= 0.3 is 5.97 Å². The summed E-state index contributed by atoms with van der Waals surface area (Å²) in [6.07, 6.45) is 3.05. The fourth-order valence-electron chi connectivity index (χ4n) is 3.46. The predicted octanol–water partition coefficient (Wildman–Crippen LogP) is 3.78. The quantitative estimate of drug-likeness (QED) is 0.863. The summed E-state index contributed by atoms with van der Waals surface area (Å²) in [5, 5.41) is 13.1. The van der Waals surface area contributed by atoms with Gasteiger partial charge in [0.1, 0.15) is 10.6 Å². The van der Waals surface area contributed by atoms with Crippen LogP contribution in [0.25, 0.3) is 10.8 Å². The molecule has 2 heterocycles. The van der Waals surface area contributed by atoms with Gasteiger partial charge in [0, 0.05) is 0 Å². The third-order valence-corrected chi connectivity index (χ3v) is 6.03. The molecule has 0 aromatic carbocycles. The minimum absolute atomic E-state index is 0.264. The number of aryl methyl sites for hydroxylation is 2. The summed E-state index contributed by atoms with van der Waals surface area (Å²) in [7, 11) is 0. The van der Waals surface area contributed by atoms with E-state index < -0.39 is 17.4 Å². The fourth-order valence-corrected chi connectivity index (χ4v) is 4.38. The Balaban J connectivity index is 1.83. The molecule has 7 heteroatoms. The van der Waals surface area contributed by atoms with E-state index in [-0.39, 0.29) is 5.91 Å². The molecule has 1 amide bonds. The summed E-state index contributed by atoms with van der Waals surface area (Å²) in [6.45, 7) is 5.46. The number of carbonyl (C=O) groups is 2. The molecule has 1 fully saturated rings. The number of hydrogen-bond donors (Lipinski definition) is 2. The van der Waals surface area contributed by atoms with E-state index in [0.29, 0.717) is 34.2 Å². The van der Waals surface area contributed by atoms with Crippen molar-refractivity contribution in [2.45, 2.75) is 52.0 Å². The summed E-state index contributed by atoms with van der Waals surface area (Å²) in [4.78, 5) is 29.3. The van der Waals surface area contributed by atoms with E-state index in [2.05, 4.69) is 10.3 Å². The highest BCUT2D eigenvalue weighted by Gasteiger charge is 2.42. The molecule has 134 valence electrons. The van der Waals surface area contributed by atoms with Crippen molar-refractivity contribution < 1.29 is 19.1 Å². The van der Waals surface area contributed by atoms with Crippen LogP contribution in [-0.4, -0.2) is 27.5 Å². The van der Waals surface area contributed by atoms with Crippen LogP contribution in [0, 0.1) is 19.8 Å². The molecule has 6 nitrogen and oxygen atoms in total. The lowest BCUT2D eigenvalue weighted by Gasteiger charge is -2.39. The average molecular weight is 362 g/mol. The number of furan rings is 1. The molecule has 0 bridgehead atoms. The Bertz CT molecular complexity index is 810. The number of aromatic nitrogens is 1. The van der Waals surface area contributed by atoms with E-state index >= 15 is 0 Å². The van der Waals surface area contributed by atoms with Crippen molar-refractivity contribution in [3.8, 4) is 10.8 Å². The zero-order valence-electron chi connectivity index (χ0n) is 14.6. The Morgan fingerprint density at radius 3 is 2.76 bits per heavy atom. The maximum atomic E-state index is 12.8. The Labute approximate surface area is 150 Å². The number of amides is 1. The monoisotopic (exact) mass is 362 g/mol. The van der Waals surface area contributed by atoms with E-state index in [1.54, 1.807) is 6.92 Å². The first kappa shape index (κ1) is 17.7. The minimum atomic E-state index is -0.852. The van der Waals surface area contributed by atoms with Crippen LogP contribution in [0.3, 0.4) is 0 Å². The zero-order chi connectivity index (χ0) is 18.2. The number of hydrogen-bond acceptors (Lipinski definition) is 5. The molecule has 2 unspecified atom stereocenters.